The van der Waals surface area contributed by atoms with Gasteiger partial charge in [-0.1, -0.05) is 15.9 Å². The monoisotopic (exact) mass is 450 g/mol. The molecule has 0 heterocycles. The molecular weight excluding hydrogens is 432 g/mol. The van der Waals surface area contributed by atoms with Crippen LogP contribution >= 0.6 is 27.7 Å². The lowest BCUT2D eigenvalue weighted by molar-refractivity contribution is -0.144. The van der Waals surface area contributed by atoms with Crippen LogP contribution in [0.2, 0.25) is 0 Å². The lowest BCUT2D eigenvalue weighted by Crippen LogP contribution is -2.21. The van der Waals surface area contributed by atoms with E-state index in [2.05, 4.69) is 21.2 Å². The first-order valence-electron chi connectivity index (χ1n) is 8.01. The van der Waals surface area contributed by atoms with E-state index in [0.29, 0.717) is 11.3 Å². The molecular formula is C19H19BrN2O4S. The van der Waals surface area contributed by atoms with Crippen molar-refractivity contribution in [2.75, 3.05) is 17.7 Å². The molecule has 0 aliphatic carbocycles. The number of nitrogens with one attached hydrogen (secondary N) is 1. The number of esters is 1. The van der Waals surface area contributed by atoms with Gasteiger partial charge in [-0.2, -0.15) is 0 Å². The molecule has 8 heteroatoms. The maximum absolute atomic E-state index is 11.9. The van der Waals surface area contributed by atoms with Crippen LogP contribution < -0.4 is 11.1 Å². The Kier molecular flexibility index (Phi) is 7.44. The third-order valence-electron chi connectivity index (χ3n) is 3.62. The molecule has 0 aliphatic heterocycles. The number of halogens is 1. The zero-order valence-electron chi connectivity index (χ0n) is 14.9. The summed E-state index contributed by atoms with van der Waals surface area (Å²) >= 11 is 4.84. The van der Waals surface area contributed by atoms with E-state index in [1.807, 2.05) is 26.0 Å². The number of nitrogens with two attached hydrogens (primary N) is 1. The summed E-state index contributed by atoms with van der Waals surface area (Å²) in [5.74, 6) is -1.37. The number of aryl methyl sites for hydroxylation is 2. The van der Waals surface area contributed by atoms with Crippen molar-refractivity contribution in [3.05, 3.63) is 57.6 Å². The predicted octanol–water partition coefficient (Wildman–Crippen LogP) is 3.44. The highest BCUT2D eigenvalue weighted by Crippen LogP contribution is 2.28. The molecule has 0 saturated carbocycles. The van der Waals surface area contributed by atoms with Gasteiger partial charge in [0, 0.05) is 20.6 Å². The molecule has 0 fully saturated rings. The van der Waals surface area contributed by atoms with Gasteiger partial charge in [0.1, 0.15) is 0 Å². The molecule has 0 bridgehead atoms. The second kappa shape index (κ2) is 9.57. The summed E-state index contributed by atoms with van der Waals surface area (Å²) in [7, 11) is 0. The Morgan fingerprint density at radius 3 is 2.41 bits per heavy atom. The number of rotatable bonds is 7. The summed E-state index contributed by atoms with van der Waals surface area (Å²) in [4.78, 5) is 35.7. The molecule has 0 aromatic heterocycles. The average Bonchev–Trinajstić information content (AvgIpc) is 2.62. The van der Waals surface area contributed by atoms with E-state index in [9.17, 15) is 14.4 Å². The molecule has 0 atom stereocenters. The van der Waals surface area contributed by atoms with Crippen molar-refractivity contribution in [2.24, 2.45) is 5.73 Å². The fraction of sp³-hybridized carbons (Fsp3) is 0.211. The molecule has 0 spiro atoms. The van der Waals surface area contributed by atoms with E-state index >= 15 is 0 Å². The van der Waals surface area contributed by atoms with E-state index in [-0.39, 0.29) is 12.4 Å². The van der Waals surface area contributed by atoms with E-state index < -0.39 is 17.8 Å². The number of thioether (sulfide) groups is 1. The molecule has 2 amide bonds. The van der Waals surface area contributed by atoms with Crippen molar-refractivity contribution in [2.45, 2.75) is 18.7 Å². The van der Waals surface area contributed by atoms with Gasteiger partial charge in [0.05, 0.1) is 5.75 Å². The number of hydrogen-bond donors (Lipinski definition) is 2. The molecule has 27 heavy (non-hydrogen) atoms. The molecule has 2 rings (SSSR count). The van der Waals surface area contributed by atoms with Crippen LogP contribution in [0.5, 0.6) is 0 Å². The number of amides is 2. The SMILES string of the molecule is Cc1cc(SCC(=O)OCC(=O)Nc2ccc(C(N)=O)cc2)c(C)cc1Br. The summed E-state index contributed by atoms with van der Waals surface area (Å²) in [6.45, 7) is 3.57. The minimum atomic E-state index is -0.546. The summed E-state index contributed by atoms with van der Waals surface area (Å²) in [6, 6.07) is 10.1. The van der Waals surface area contributed by atoms with Crippen LogP contribution in [0.15, 0.2) is 45.8 Å². The number of anilines is 1. The van der Waals surface area contributed by atoms with Gasteiger partial charge in [-0.15, -0.1) is 11.8 Å². The number of benzene rings is 2. The minimum Gasteiger partial charge on any atom is -0.455 e. The second-order valence-corrected chi connectivity index (χ2v) is 7.68. The molecule has 0 aliphatic rings. The zero-order valence-corrected chi connectivity index (χ0v) is 17.3. The van der Waals surface area contributed by atoms with Gasteiger partial charge < -0.3 is 15.8 Å². The molecule has 0 saturated heterocycles. The quantitative estimate of drug-likeness (QED) is 0.497. The van der Waals surface area contributed by atoms with Crippen molar-refractivity contribution in [1.82, 2.24) is 0 Å². The van der Waals surface area contributed by atoms with Gasteiger partial charge in [-0.25, -0.2) is 0 Å². The van der Waals surface area contributed by atoms with E-state index in [1.54, 1.807) is 12.1 Å². The second-order valence-electron chi connectivity index (χ2n) is 5.81. The Balaban J connectivity index is 1.78. The van der Waals surface area contributed by atoms with Gasteiger partial charge in [0.15, 0.2) is 6.61 Å². The van der Waals surface area contributed by atoms with Gasteiger partial charge in [-0.05, 0) is 61.4 Å². The number of carbonyl (C=O) groups excluding carboxylic acids is 3. The molecule has 3 N–H and O–H groups in total. The fourth-order valence-electron chi connectivity index (χ4n) is 2.15. The minimum absolute atomic E-state index is 0.114. The maximum Gasteiger partial charge on any atom is 0.316 e. The fourth-order valence-corrected chi connectivity index (χ4v) is 3.51. The maximum atomic E-state index is 11.9. The Morgan fingerprint density at radius 1 is 1.11 bits per heavy atom. The van der Waals surface area contributed by atoms with Crippen LogP contribution in [0.3, 0.4) is 0 Å². The standard InChI is InChI=1S/C19H19BrN2O4S/c1-11-8-16(12(2)7-15(11)20)27-10-18(24)26-9-17(23)22-14-5-3-13(4-6-14)19(21)25/h3-8H,9-10H2,1-2H3,(H2,21,25)(H,22,23). The smallest absolute Gasteiger partial charge is 0.316 e. The predicted molar refractivity (Wildman–Crippen MR) is 109 cm³/mol. The van der Waals surface area contributed by atoms with Gasteiger partial charge in [-0.3, -0.25) is 14.4 Å². The number of hydrogen-bond acceptors (Lipinski definition) is 5. The van der Waals surface area contributed by atoms with Crippen molar-refractivity contribution in [3.63, 3.8) is 0 Å². The Morgan fingerprint density at radius 2 is 1.78 bits per heavy atom. The summed E-state index contributed by atoms with van der Waals surface area (Å²) in [5, 5.41) is 2.58. The summed E-state index contributed by atoms with van der Waals surface area (Å²) in [5.41, 5.74) is 8.12. The lowest BCUT2D eigenvalue weighted by atomic mass is 10.2. The highest BCUT2D eigenvalue weighted by molar-refractivity contribution is 9.10. The van der Waals surface area contributed by atoms with E-state index in [4.69, 9.17) is 10.5 Å². The van der Waals surface area contributed by atoms with Crippen molar-refractivity contribution in [1.29, 1.82) is 0 Å². The number of ether oxygens (including phenoxy) is 1. The molecule has 142 valence electrons. The Labute approximate surface area is 170 Å². The van der Waals surface area contributed by atoms with Crippen LogP contribution in [-0.4, -0.2) is 30.1 Å². The highest BCUT2D eigenvalue weighted by atomic mass is 79.9. The van der Waals surface area contributed by atoms with Crippen LogP contribution in [0.1, 0.15) is 21.5 Å². The van der Waals surface area contributed by atoms with Crippen LogP contribution in [0.25, 0.3) is 0 Å². The number of primary amides is 1. The van der Waals surface area contributed by atoms with Crippen molar-refractivity contribution < 1.29 is 19.1 Å². The normalized spacial score (nSPS) is 10.3. The highest BCUT2D eigenvalue weighted by Gasteiger charge is 2.11. The van der Waals surface area contributed by atoms with Gasteiger partial charge in [0.25, 0.3) is 5.91 Å². The summed E-state index contributed by atoms with van der Waals surface area (Å²) in [6.07, 6.45) is 0. The Hall–Kier alpha value is -2.32. The molecule has 0 radical (unpaired) electrons. The zero-order chi connectivity index (χ0) is 20.0. The van der Waals surface area contributed by atoms with Crippen LogP contribution in [0, 0.1) is 13.8 Å². The van der Waals surface area contributed by atoms with Gasteiger partial charge >= 0.3 is 5.97 Å². The third-order valence-corrected chi connectivity index (χ3v) is 5.60. The van der Waals surface area contributed by atoms with Gasteiger partial charge in [0.2, 0.25) is 5.91 Å². The van der Waals surface area contributed by atoms with E-state index in [0.717, 1.165) is 20.5 Å². The molecule has 2 aromatic rings. The Bertz CT molecular complexity index is 869. The largest absolute Gasteiger partial charge is 0.455 e. The number of carbonyl (C=O) groups is 3. The first kappa shape index (κ1) is 21.0. The average molecular weight is 451 g/mol. The van der Waals surface area contributed by atoms with Crippen LogP contribution in [0.4, 0.5) is 5.69 Å². The van der Waals surface area contributed by atoms with Crippen molar-refractivity contribution >= 4 is 51.2 Å². The van der Waals surface area contributed by atoms with Crippen molar-refractivity contribution in [3.8, 4) is 0 Å². The lowest BCUT2D eigenvalue weighted by Gasteiger charge is -2.09. The first-order valence-corrected chi connectivity index (χ1v) is 9.79. The molecule has 2 aromatic carbocycles. The molecule has 6 nitrogen and oxygen atoms in total. The van der Waals surface area contributed by atoms with Crippen LogP contribution in [-0.2, 0) is 14.3 Å². The topological polar surface area (TPSA) is 98.5 Å². The third kappa shape index (κ3) is 6.41. The first-order chi connectivity index (χ1) is 12.8. The van der Waals surface area contributed by atoms with E-state index in [1.165, 1.54) is 23.9 Å². The summed E-state index contributed by atoms with van der Waals surface area (Å²) < 4.78 is 6.02. The molecule has 0 unspecified atom stereocenters.